The highest BCUT2D eigenvalue weighted by Crippen LogP contribution is 2.45. The molecule has 1 amide bonds. The van der Waals surface area contributed by atoms with E-state index in [-0.39, 0.29) is 23.7 Å². The van der Waals surface area contributed by atoms with Gasteiger partial charge in [0, 0.05) is 42.5 Å². The maximum atomic E-state index is 14.3. The molecule has 1 saturated carbocycles. The monoisotopic (exact) mass is 439 g/mol. The van der Waals surface area contributed by atoms with E-state index >= 15 is 0 Å². The number of amides is 1. The van der Waals surface area contributed by atoms with E-state index in [4.69, 9.17) is 10.7 Å². The SMILES string of the molecule is Cc1c(F)cc(-c2ncc(CNC(=O)C3(C#N)CC3)c(N3CCC(CN)C3)n2)cc1NO. The van der Waals surface area contributed by atoms with Gasteiger partial charge in [0.2, 0.25) is 5.91 Å². The first kappa shape index (κ1) is 21.9. The summed E-state index contributed by atoms with van der Waals surface area (Å²) in [7, 11) is 0. The van der Waals surface area contributed by atoms with Crippen molar-refractivity contribution in [2.75, 3.05) is 30.0 Å². The number of hydrogen-bond acceptors (Lipinski definition) is 8. The zero-order valence-electron chi connectivity index (χ0n) is 17.9. The van der Waals surface area contributed by atoms with Crippen LogP contribution in [-0.2, 0) is 11.3 Å². The van der Waals surface area contributed by atoms with Gasteiger partial charge >= 0.3 is 0 Å². The Labute approximate surface area is 185 Å². The van der Waals surface area contributed by atoms with Crippen molar-refractivity contribution in [3.8, 4) is 17.5 Å². The zero-order chi connectivity index (χ0) is 22.9. The fourth-order valence-corrected chi connectivity index (χ4v) is 3.94. The minimum absolute atomic E-state index is 0.188. The Hall–Kier alpha value is -3.29. The summed E-state index contributed by atoms with van der Waals surface area (Å²) in [5, 5.41) is 21.4. The summed E-state index contributed by atoms with van der Waals surface area (Å²) < 4.78 is 14.3. The maximum Gasteiger partial charge on any atom is 0.240 e. The number of carbonyl (C=O) groups is 1. The normalized spacial score (nSPS) is 18.8. The van der Waals surface area contributed by atoms with Crippen molar-refractivity contribution in [2.24, 2.45) is 17.1 Å². The number of nitrogens with two attached hydrogens (primary N) is 1. The lowest BCUT2D eigenvalue weighted by Gasteiger charge is -2.22. The summed E-state index contributed by atoms with van der Waals surface area (Å²) in [5.41, 5.74) is 8.58. The van der Waals surface area contributed by atoms with Crippen molar-refractivity contribution in [3.05, 3.63) is 35.3 Å². The standard InChI is InChI=1S/C22H26FN7O2/c1-13-17(23)6-15(7-18(13)29-32)19-26-9-16(10-27-21(31)22(12-25)3-4-22)20(28-19)30-5-2-14(8-24)11-30/h6-7,9,14,29,32H,2-5,8,10-11,24H2,1H3,(H,27,31). The van der Waals surface area contributed by atoms with Gasteiger partial charge in [-0.3, -0.25) is 15.5 Å². The fraction of sp³-hybridized carbons (Fsp3) is 0.455. The predicted molar refractivity (Wildman–Crippen MR) is 116 cm³/mol. The van der Waals surface area contributed by atoms with Crippen LogP contribution in [0, 0.1) is 35.4 Å². The summed E-state index contributed by atoms with van der Waals surface area (Å²) in [6.45, 7) is 3.79. The summed E-state index contributed by atoms with van der Waals surface area (Å²) in [4.78, 5) is 23.6. The smallest absolute Gasteiger partial charge is 0.240 e. The molecule has 1 aromatic heterocycles. The van der Waals surface area contributed by atoms with Gasteiger partial charge in [0.1, 0.15) is 17.1 Å². The molecule has 168 valence electrons. The van der Waals surface area contributed by atoms with E-state index in [1.807, 2.05) is 5.48 Å². The first-order valence-electron chi connectivity index (χ1n) is 10.6. The average Bonchev–Trinajstić information content (AvgIpc) is 3.48. The molecule has 2 fully saturated rings. The Balaban J connectivity index is 1.66. The van der Waals surface area contributed by atoms with Crippen molar-refractivity contribution in [1.82, 2.24) is 15.3 Å². The molecule has 1 aliphatic carbocycles. The second kappa shape index (κ2) is 8.68. The molecule has 1 atom stereocenters. The average molecular weight is 439 g/mol. The van der Waals surface area contributed by atoms with Gasteiger partial charge in [-0.1, -0.05) is 0 Å². The molecule has 9 nitrogen and oxygen atoms in total. The van der Waals surface area contributed by atoms with Crippen LogP contribution < -0.4 is 21.4 Å². The Morgan fingerprint density at radius 2 is 2.25 bits per heavy atom. The molecule has 1 unspecified atom stereocenters. The number of aromatic nitrogens is 2. The maximum absolute atomic E-state index is 14.3. The van der Waals surface area contributed by atoms with E-state index < -0.39 is 11.2 Å². The van der Waals surface area contributed by atoms with Crippen molar-refractivity contribution in [3.63, 3.8) is 0 Å². The van der Waals surface area contributed by atoms with Crippen molar-refractivity contribution >= 4 is 17.4 Å². The van der Waals surface area contributed by atoms with Gasteiger partial charge in [-0.25, -0.2) is 14.4 Å². The quantitative estimate of drug-likeness (QED) is 0.481. The molecule has 2 aromatic rings. The van der Waals surface area contributed by atoms with Crippen LogP contribution in [0.3, 0.4) is 0 Å². The Morgan fingerprint density at radius 1 is 1.47 bits per heavy atom. The number of benzene rings is 1. The Kier molecular flexibility index (Phi) is 5.95. The van der Waals surface area contributed by atoms with Gasteiger partial charge in [0.25, 0.3) is 0 Å². The molecule has 1 aromatic carbocycles. The summed E-state index contributed by atoms with van der Waals surface area (Å²) in [6, 6.07) is 5.00. The molecule has 0 radical (unpaired) electrons. The molecule has 5 N–H and O–H groups in total. The molecule has 2 heterocycles. The van der Waals surface area contributed by atoms with Gasteiger partial charge in [-0.2, -0.15) is 5.26 Å². The number of nitrogens with zero attached hydrogens (tertiary/aromatic N) is 4. The van der Waals surface area contributed by atoms with E-state index in [0.717, 1.165) is 19.5 Å². The molecule has 32 heavy (non-hydrogen) atoms. The number of nitriles is 1. The number of rotatable bonds is 7. The second-order valence-corrected chi connectivity index (χ2v) is 8.50. The van der Waals surface area contributed by atoms with Crippen molar-refractivity contribution in [2.45, 2.75) is 32.7 Å². The third kappa shape index (κ3) is 4.09. The van der Waals surface area contributed by atoms with Crippen LogP contribution in [-0.4, -0.2) is 40.7 Å². The van der Waals surface area contributed by atoms with Gasteiger partial charge in [-0.05, 0) is 50.8 Å². The van der Waals surface area contributed by atoms with Crippen LogP contribution >= 0.6 is 0 Å². The van der Waals surface area contributed by atoms with Crippen LogP contribution in [0.4, 0.5) is 15.9 Å². The highest BCUT2D eigenvalue weighted by molar-refractivity contribution is 5.88. The number of carbonyl (C=O) groups excluding carboxylic acids is 1. The number of halogens is 1. The molecule has 1 aliphatic heterocycles. The topological polar surface area (TPSA) is 140 Å². The predicted octanol–water partition coefficient (Wildman–Crippen LogP) is 2.10. The third-order valence-corrected chi connectivity index (χ3v) is 6.32. The minimum atomic E-state index is -0.910. The lowest BCUT2D eigenvalue weighted by molar-refractivity contribution is -0.124. The summed E-state index contributed by atoms with van der Waals surface area (Å²) >= 11 is 0. The summed E-state index contributed by atoms with van der Waals surface area (Å²) in [5.74, 6) is 0.516. The van der Waals surface area contributed by atoms with Crippen molar-refractivity contribution < 1.29 is 14.4 Å². The van der Waals surface area contributed by atoms with E-state index in [2.05, 4.69) is 21.3 Å². The van der Waals surface area contributed by atoms with E-state index in [1.54, 1.807) is 19.2 Å². The minimum Gasteiger partial charge on any atom is -0.356 e. The van der Waals surface area contributed by atoms with E-state index in [1.165, 1.54) is 6.07 Å². The highest BCUT2D eigenvalue weighted by atomic mass is 19.1. The zero-order valence-corrected chi connectivity index (χ0v) is 17.9. The van der Waals surface area contributed by atoms with Crippen LogP contribution in [0.1, 0.15) is 30.4 Å². The number of anilines is 2. The van der Waals surface area contributed by atoms with Gasteiger partial charge in [0.15, 0.2) is 5.82 Å². The van der Waals surface area contributed by atoms with Crippen LogP contribution in [0.5, 0.6) is 0 Å². The van der Waals surface area contributed by atoms with Crippen molar-refractivity contribution in [1.29, 1.82) is 5.26 Å². The third-order valence-electron chi connectivity index (χ3n) is 6.32. The Bertz CT molecular complexity index is 1080. The van der Waals surface area contributed by atoms with Gasteiger partial charge in [0.05, 0.1) is 11.8 Å². The lowest BCUT2D eigenvalue weighted by atomic mass is 10.1. The number of nitrogens with one attached hydrogen (secondary N) is 2. The van der Waals surface area contributed by atoms with E-state index in [9.17, 15) is 19.7 Å². The van der Waals surface area contributed by atoms with E-state index in [0.29, 0.717) is 48.1 Å². The summed E-state index contributed by atoms with van der Waals surface area (Å²) in [6.07, 6.45) is 3.69. The molecular formula is C22H26FN7O2. The first-order chi connectivity index (χ1) is 15.4. The second-order valence-electron chi connectivity index (χ2n) is 8.50. The van der Waals surface area contributed by atoms with Crippen LogP contribution in [0.15, 0.2) is 18.3 Å². The van der Waals surface area contributed by atoms with Crippen LogP contribution in [0.25, 0.3) is 11.4 Å². The van der Waals surface area contributed by atoms with Gasteiger partial charge in [-0.15, -0.1) is 0 Å². The van der Waals surface area contributed by atoms with Gasteiger partial charge < -0.3 is 16.0 Å². The molecule has 4 rings (SSSR count). The first-order valence-corrected chi connectivity index (χ1v) is 10.6. The Morgan fingerprint density at radius 3 is 2.88 bits per heavy atom. The van der Waals surface area contributed by atoms with Crippen LogP contribution in [0.2, 0.25) is 0 Å². The molecular weight excluding hydrogens is 413 g/mol. The fourth-order valence-electron chi connectivity index (χ4n) is 3.94. The molecule has 0 spiro atoms. The largest absolute Gasteiger partial charge is 0.356 e. The molecule has 0 bridgehead atoms. The lowest BCUT2D eigenvalue weighted by Crippen LogP contribution is -2.32. The molecule has 10 heteroatoms. The highest BCUT2D eigenvalue weighted by Gasteiger charge is 2.50. The molecule has 1 saturated heterocycles. The number of hydrogen-bond donors (Lipinski definition) is 4. The molecule has 2 aliphatic rings.